The fourth-order valence-corrected chi connectivity index (χ4v) is 0.941. The van der Waals surface area contributed by atoms with Crippen molar-refractivity contribution in [3.63, 3.8) is 0 Å². The number of rotatable bonds is 2. The molecule has 0 amide bonds. The second kappa shape index (κ2) is 3.51. The van der Waals surface area contributed by atoms with E-state index in [-0.39, 0.29) is 6.04 Å². The molecule has 0 spiro atoms. The van der Waals surface area contributed by atoms with E-state index in [4.69, 9.17) is 0 Å². The average Bonchev–Trinajstić information content (AvgIpc) is 2.05. The van der Waals surface area contributed by atoms with Gasteiger partial charge in [-0.1, -0.05) is 30.3 Å². The van der Waals surface area contributed by atoms with Crippen LogP contribution in [-0.4, -0.2) is 12.1 Å². The highest BCUT2D eigenvalue weighted by Gasteiger charge is 2.01. The van der Waals surface area contributed by atoms with Gasteiger partial charge in [0.2, 0.25) is 0 Å². The lowest BCUT2D eigenvalue weighted by atomic mass is 10.1. The molecule has 0 aliphatic rings. The zero-order valence-electron chi connectivity index (χ0n) is 6.82. The Kier molecular flexibility index (Phi) is 2.63. The van der Waals surface area contributed by atoms with Gasteiger partial charge in [0.05, 0.1) is 0 Å². The average molecular weight is 150 g/mol. The second-order valence-corrected chi connectivity index (χ2v) is 2.63. The first kappa shape index (κ1) is 8.24. The Morgan fingerprint density at radius 3 is 2.27 bits per heavy atom. The van der Waals surface area contributed by atoms with Crippen molar-refractivity contribution in [2.45, 2.75) is 13.0 Å². The molecule has 1 aromatic carbocycles. The van der Waals surface area contributed by atoms with Crippen LogP contribution >= 0.6 is 0 Å². The Bertz CT molecular complexity index is 208. The Balaban J connectivity index is 2.77. The first-order valence-corrected chi connectivity index (χ1v) is 3.66. The third-order valence-electron chi connectivity index (χ3n) is 1.83. The van der Waals surface area contributed by atoms with Crippen LogP contribution in [0.2, 0.25) is 0 Å². The SMILES string of the molecule is CC(c1ccccc1)N(C)[O-]. The summed E-state index contributed by atoms with van der Waals surface area (Å²) in [5.74, 6) is 0. The van der Waals surface area contributed by atoms with Crippen molar-refractivity contribution in [3.8, 4) is 0 Å². The van der Waals surface area contributed by atoms with Crippen molar-refractivity contribution >= 4 is 0 Å². The van der Waals surface area contributed by atoms with E-state index < -0.39 is 0 Å². The van der Waals surface area contributed by atoms with Crippen LogP contribution in [0.4, 0.5) is 0 Å². The summed E-state index contributed by atoms with van der Waals surface area (Å²) in [7, 11) is 1.54. The lowest BCUT2D eigenvalue weighted by molar-refractivity contribution is 0.363. The zero-order chi connectivity index (χ0) is 8.27. The molecule has 1 aromatic rings. The molecule has 2 heteroatoms. The third-order valence-corrected chi connectivity index (χ3v) is 1.83. The summed E-state index contributed by atoms with van der Waals surface area (Å²) in [5, 5.41) is 11.8. The topological polar surface area (TPSA) is 26.3 Å². The molecule has 0 heterocycles. The van der Waals surface area contributed by atoms with Crippen LogP contribution < -0.4 is 0 Å². The minimum atomic E-state index is -0.0452. The van der Waals surface area contributed by atoms with Crippen molar-refractivity contribution < 1.29 is 0 Å². The monoisotopic (exact) mass is 150 g/mol. The summed E-state index contributed by atoms with van der Waals surface area (Å²) < 4.78 is 0. The van der Waals surface area contributed by atoms with E-state index in [9.17, 15) is 5.21 Å². The summed E-state index contributed by atoms with van der Waals surface area (Å²) in [6.45, 7) is 1.89. The molecule has 0 saturated heterocycles. The van der Waals surface area contributed by atoms with E-state index in [1.807, 2.05) is 37.3 Å². The molecule has 0 radical (unpaired) electrons. The van der Waals surface area contributed by atoms with Crippen molar-refractivity contribution in [2.75, 3.05) is 7.05 Å². The van der Waals surface area contributed by atoms with E-state index in [1.54, 1.807) is 0 Å². The molecule has 0 aliphatic carbocycles. The summed E-state index contributed by atoms with van der Waals surface area (Å²) >= 11 is 0. The molecule has 60 valence electrons. The highest BCUT2D eigenvalue weighted by atomic mass is 16.5. The Morgan fingerprint density at radius 1 is 1.27 bits per heavy atom. The van der Waals surface area contributed by atoms with Crippen LogP contribution in [0.3, 0.4) is 0 Å². The van der Waals surface area contributed by atoms with Crippen LogP contribution in [0.25, 0.3) is 0 Å². The molecule has 0 aromatic heterocycles. The summed E-state index contributed by atoms with van der Waals surface area (Å²) in [4.78, 5) is 0. The molecule has 0 bridgehead atoms. The van der Waals surface area contributed by atoms with E-state index in [0.29, 0.717) is 0 Å². The number of hydrogen-bond donors (Lipinski definition) is 0. The van der Waals surface area contributed by atoms with Crippen molar-refractivity contribution in [2.24, 2.45) is 0 Å². The van der Waals surface area contributed by atoms with Gasteiger partial charge in [-0.3, -0.25) is 0 Å². The number of benzene rings is 1. The lowest BCUT2D eigenvalue weighted by Crippen LogP contribution is -2.14. The minimum Gasteiger partial charge on any atom is -0.785 e. The normalized spacial score (nSPS) is 13.5. The van der Waals surface area contributed by atoms with Gasteiger partial charge in [0.25, 0.3) is 0 Å². The summed E-state index contributed by atoms with van der Waals surface area (Å²) in [5.41, 5.74) is 1.06. The van der Waals surface area contributed by atoms with Gasteiger partial charge in [-0.2, -0.15) is 0 Å². The molecular weight excluding hydrogens is 138 g/mol. The highest BCUT2D eigenvalue weighted by Crippen LogP contribution is 2.16. The maximum Gasteiger partial charge on any atom is 0.0200 e. The summed E-state index contributed by atoms with van der Waals surface area (Å²) in [6, 6.07) is 9.69. The summed E-state index contributed by atoms with van der Waals surface area (Å²) in [6.07, 6.45) is 0. The van der Waals surface area contributed by atoms with Gasteiger partial charge in [-0.25, -0.2) is 0 Å². The molecule has 0 saturated carbocycles. The second-order valence-electron chi connectivity index (χ2n) is 2.63. The van der Waals surface area contributed by atoms with Gasteiger partial charge in [0, 0.05) is 6.04 Å². The van der Waals surface area contributed by atoms with Crippen LogP contribution in [0.15, 0.2) is 30.3 Å². The predicted molar refractivity (Wildman–Crippen MR) is 46.0 cm³/mol. The van der Waals surface area contributed by atoms with Gasteiger partial charge >= 0.3 is 0 Å². The van der Waals surface area contributed by atoms with Gasteiger partial charge in [0.1, 0.15) is 0 Å². The standard InChI is InChI=1S/C9H12NO/c1-8(10(2)11)9-6-4-3-5-7-9/h3-8H,1-2H3/q-1. The predicted octanol–water partition coefficient (Wildman–Crippen LogP) is 2.18. The maximum atomic E-state index is 10.9. The van der Waals surface area contributed by atoms with Crippen molar-refractivity contribution in [1.82, 2.24) is 5.06 Å². The number of hydrogen-bond acceptors (Lipinski definition) is 2. The molecule has 1 rings (SSSR count). The van der Waals surface area contributed by atoms with Crippen LogP contribution in [0.1, 0.15) is 18.5 Å². The molecule has 0 fully saturated rings. The molecule has 1 atom stereocenters. The lowest BCUT2D eigenvalue weighted by Gasteiger charge is -2.30. The quantitative estimate of drug-likeness (QED) is 0.604. The molecule has 0 aliphatic heterocycles. The van der Waals surface area contributed by atoms with E-state index in [2.05, 4.69) is 0 Å². The highest BCUT2D eigenvalue weighted by molar-refractivity contribution is 5.18. The first-order valence-electron chi connectivity index (χ1n) is 3.66. The molecule has 11 heavy (non-hydrogen) atoms. The minimum absolute atomic E-state index is 0.0452. The largest absolute Gasteiger partial charge is 0.785 e. The van der Waals surface area contributed by atoms with Gasteiger partial charge in [-0.15, -0.1) is 0 Å². The van der Waals surface area contributed by atoms with E-state index in [1.165, 1.54) is 7.05 Å². The van der Waals surface area contributed by atoms with Gasteiger partial charge in [-0.05, 0) is 19.5 Å². The molecule has 0 N–H and O–H groups in total. The first-order chi connectivity index (χ1) is 5.22. The fourth-order valence-electron chi connectivity index (χ4n) is 0.941. The van der Waals surface area contributed by atoms with Crippen LogP contribution in [-0.2, 0) is 0 Å². The van der Waals surface area contributed by atoms with Crippen LogP contribution in [0.5, 0.6) is 0 Å². The van der Waals surface area contributed by atoms with Gasteiger partial charge in [0.15, 0.2) is 0 Å². The molecule has 1 unspecified atom stereocenters. The van der Waals surface area contributed by atoms with Crippen molar-refractivity contribution in [1.29, 1.82) is 0 Å². The van der Waals surface area contributed by atoms with Crippen molar-refractivity contribution in [3.05, 3.63) is 41.1 Å². The number of hydroxylamine groups is 2. The molecular formula is C9H12NO-. The number of nitrogens with zero attached hydrogens (tertiary/aromatic N) is 1. The third kappa shape index (κ3) is 2.03. The van der Waals surface area contributed by atoms with E-state index >= 15 is 0 Å². The Labute approximate surface area is 67.0 Å². The fraction of sp³-hybridized carbons (Fsp3) is 0.333. The Hall–Kier alpha value is -0.860. The molecule has 2 nitrogen and oxygen atoms in total. The van der Waals surface area contributed by atoms with E-state index in [0.717, 1.165) is 10.6 Å². The zero-order valence-corrected chi connectivity index (χ0v) is 6.82. The van der Waals surface area contributed by atoms with Gasteiger partial charge < -0.3 is 10.3 Å². The smallest absolute Gasteiger partial charge is 0.0200 e. The maximum absolute atomic E-state index is 10.9. The Morgan fingerprint density at radius 2 is 1.82 bits per heavy atom. The van der Waals surface area contributed by atoms with Crippen LogP contribution in [0, 0.1) is 5.21 Å².